The predicted molar refractivity (Wildman–Crippen MR) is 88.0 cm³/mol. The van der Waals surface area contributed by atoms with Gasteiger partial charge in [0, 0.05) is 35.4 Å². The lowest BCUT2D eigenvalue weighted by molar-refractivity contribution is 0.0303. The summed E-state index contributed by atoms with van der Waals surface area (Å²) in [5, 5.41) is 0.590. The van der Waals surface area contributed by atoms with Crippen LogP contribution in [0.5, 0.6) is 5.75 Å². The largest absolute Gasteiger partial charge is 0.496 e. The average molecular weight is 333 g/mol. The molecule has 6 heteroatoms. The number of carbonyl (C=O) groups excluding carboxylic acids is 1. The molecule has 1 aliphatic heterocycles. The van der Waals surface area contributed by atoms with Crippen LogP contribution in [0.2, 0.25) is 5.02 Å². The predicted octanol–water partition coefficient (Wildman–Crippen LogP) is 2.88. The fourth-order valence-electron chi connectivity index (χ4n) is 2.54. The molecular formula is C17H17ClN2O3. The second-order valence-electron chi connectivity index (χ2n) is 5.18. The molecule has 5 nitrogen and oxygen atoms in total. The molecule has 1 fully saturated rings. The zero-order chi connectivity index (χ0) is 16.2. The number of hydrogen-bond donors (Lipinski definition) is 0. The molecule has 0 unspecified atom stereocenters. The zero-order valence-electron chi connectivity index (χ0n) is 12.8. The van der Waals surface area contributed by atoms with Crippen LogP contribution in [0.1, 0.15) is 10.4 Å². The summed E-state index contributed by atoms with van der Waals surface area (Å²) in [6.07, 6.45) is 1.63. The standard InChI is InChI=1S/C17H17ClN2O3/c1-22-16-3-2-13(18)11-14(16)15-10-12(4-5-19-15)17(21)20-6-8-23-9-7-20/h2-5,10-11H,6-9H2,1H3. The summed E-state index contributed by atoms with van der Waals surface area (Å²) in [7, 11) is 1.59. The first-order valence-electron chi connectivity index (χ1n) is 7.36. The first-order chi connectivity index (χ1) is 11.2. The van der Waals surface area contributed by atoms with Crippen LogP contribution in [0.15, 0.2) is 36.5 Å². The average Bonchev–Trinajstić information content (AvgIpc) is 2.62. The quantitative estimate of drug-likeness (QED) is 0.867. The number of halogens is 1. The van der Waals surface area contributed by atoms with Gasteiger partial charge < -0.3 is 14.4 Å². The molecule has 120 valence electrons. The molecular weight excluding hydrogens is 316 g/mol. The van der Waals surface area contributed by atoms with Crippen molar-refractivity contribution in [3.8, 4) is 17.0 Å². The second kappa shape index (κ2) is 6.98. The number of methoxy groups -OCH3 is 1. The zero-order valence-corrected chi connectivity index (χ0v) is 13.5. The highest BCUT2D eigenvalue weighted by molar-refractivity contribution is 6.31. The molecule has 1 saturated heterocycles. The van der Waals surface area contributed by atoms with Crippen LogP contribution in [0, 0.1) is 0 Å². The Morgan fingerprint density at radius 3 is 2.78 bits per heavy atom. The van der Waals surface area contributed by atoms with Crippen molar-refractivity contribution in [1.82, 2.24) is 9.88 Å². The lowest BCUT2D eigenvalue weighted by Gasteiger charge is -2.27. The maximum atomic E-state index is 12.6. The number of aromatic nitrogens is 1. The third-order valence-electron chi connectivity index (χ3n) is 3.74. The van der Waals surface area contributed by atoms with Crippen LogP contribution in [0.25, 0.3) is 11.3 Å². The minimum atomic E-state index is -0.0158. The molecule has 0 radical (unpaired) electrons. The minimum absolute atomic E-state index is 0.0158. The van der Waals surface area contributed by atoms with Crippen molar-refractivity contribution in [3.05, 3.63) is 47.1 Å². The molecule has 0 spiro atoms. The van der Waals surface area contributed by atoms with Gasteiger partial charge in [0.25, 0.3) is 5.91 Å². The SMILES string of the molecule is COc1ccc(Cl)cc1-c1cc(C(=O)N2CCOCC2)ccn1. The van der Waals surface area contributed by atoms with E-state index in [1.165, 1.54) is 0 Å². The van der Waals surface area contributed by atoms with Gasteiger partial charge in [0.15, 0.2) is 0 Å². The Morgan fingerprint density at radius 2 is 2.04 bits per heavy atom. The molecule has 0 aliphatic carbocycles. The van der Waals surface area contributed by atoms with E-state index in [9.17, 15) is 4.79 Å². The molecule has 0 bridgehead atoms. The van der Waals surface area contributed by atoms with E-state index >= 15 is 0 Å². The molecule has 2 heterocycles. The number of amides is 1. The topological polar surface area (TPSA) is 51.7 Å². The molecule has 1 amide bonds. The number of benzene rings is 1. The Balaban J connectivity index is 1.93. The van der Waals surface area contributed by atoms with Crippen LogP contribution < -0.4 is 4.74 Å². The lowest BCUT2D eigenvalue weighted by atomic mass is 10.1. The van der Waals surface area contributed by atoms with Crippen LogP contribution in [0.3, 0.4) is 0 Å². The van der Waals surface area contributed by atoms with Gasteiger partial charge in [-0.3, -0.25) is 9.78 Å². The number of carbonyl (C=O) groups is 1. The summed E-state index contributed by atoms with van der Waals surface area (Å²) < 4.78 is 10.6. The van der Waals surface area contributed by atoms with E-state index in [-0.39, 0.29) is 5.91 Å². The molecule has 0 atom stereocenters. The van der Waals surface area contributed by atoms with Crippen molar-refractivity contribution in [3.63, 3.8) is 0 Å². The number of pyridine rings is 1. The molecule has 3 rings (SSSR count). The maximum absolute atomic E-state index is 12.6. The Kier molecular flexibility index (Phi) is 4.79. The maximum Gasteiger partial charge on any atom is 0.254 e. The van der Waals surface area contributed by atoms with Crippen molar-refractivity contribution in [2.75, 3.05) is 33.4 Å². The molecule has 1 aromatic carbocycles. The van der Waals surface area contributed by atoms with Gasteiger partial charge in [-0.05, 0) is 30.3 Å². The normalized spacial score (nSPS) is 14.6. The summed E-state index contributed by atoms with van der Waals surface area (Å²) in [5.74, 6) is 0.649. The fourth-order valence-corrected chi connectivity index (χ4v) is 2.71. The van der Waals surface area contributed by atoms with Crippen molar-refractivity contribution in [2.24, 2.45) is 0 Å². The summed E-state index contributed by atoms with van der Waals surface area (Å²) in [6.45, 7) is 2.37. The smallest absolute Gasteiger partial charge is 0.254 e. The van der Waals surface area contributed by atoms with E-state index in [0.717, 1.165) is 5.56 Å². The third kappa shape index (κ3) is 3.46. The first kappa shape index (κ1) is 15.8. The Morgan fingerprint density at radius 1 is 1.26 bits per heavy atom. The fraction of sp³-hybridized carbons (Fsp3) is 0.294. The van der Waals surface area contributed by atoms with Crippen molar-refractivity contribution in [1.29, 1.82) is 0 Å². The molecule has 0 N–H and O–H groups in total. The van der Waals surface area contributed by atoms with Crippen molar-refractivity contribution < 1.29 is 14.3 Å². The minimum Gasteiger partial charge on any atom is -0.496 e. The highest BCUT2D eigenvalue weighted by Gasteiger charge is 2.19. The molecule has 2 aromatic rings. The van der Waals surface area contributed by atoms with Crippen LogP contribution >= 0.6 is 11.6 Å². The molecule has 1 aromatic heterocycles. The highest BCUT2D eigenvalue weighted by Crippen LogP contribution is 2.31. The summed E-state index contributed by atoms with van der Waals surface area (Å²) >= 11 is 6.08. The summed E-state index contributed by atoms with van der Waals surface area (Å²) in [4.78, 5) is 18.7. The monoisotopic (exact) mass is 332 g/mol. The van der Waals surface area contributed by atoms with Gasteiger partial charge in [-0.2, -0.15) is 0 Å². The van der Waals surface area contributed by atoms with Gasteiger partial charge in [-0.1, -0.05) is 11.6 Å². The first-order valence-corrected chi connectivity index (χ1v) is 7.74. The van der Waals surface area contributed by atoms with Gasteiger partial charge in [0.1, 0.15) is 5.75 Å². The number of nitrogens with zero attached hydrogens (tertiary/aromatic N) is 2. The van der Waals surface area contributed by atoms with E-state index in [1.807, 2.05) is 0 Å². The van der Waals surface area contributed by atoms with Crippen LogP contribution in [0.4, 0.5) is 0 Å². The number of morpholine rings is 1. The third-order valence-corrected chi connectivity index (χ3v) is 3.98. The van der Waals surface area contributed by atoms with Crippen LogP contribution in [-0.4, -0.2) is 49.2 Å². The van der Waals surface area contributed by atoms with Gasteiger partial charge in [0.2, 0.25) is 0 Å². The van der Waals surface area contributed by atoms with Crippen LogP contribution in [-0.2, 0) is 4.74 Å². The van der Waals surface area contributed by atoms with Gasteiger partial charge in [0.05, 0.1) is 26.0 Å². The van der Waals surface area contributed by atoms with E-state index < -0.39 is 0 Å². The van der Waals surface area contributed by atoms with Gasteiger partial charge >= 0.3 is 0 Å². The molecule has 1 aliphatic rings. The number of hydrogen-bond acceptors (Lipinski definition) is 4. The van der Waals surface area contributed by atoms with E-state index in [0.29, 0.717) is 48.3 Å². The lowest BCUT2D eigenvalue weighted by Crippen LogP contribution is -2.40. The summed E-state index contributed by atoms with van der Waals surface area (Å²) in [6, 6.07) is 8.82. The van der Waals surface area contributed by atoms with Gasteiger partial charge in [-0.25, -0.2) is 0 Å². The Bertz CT molecular complexity index is 715. The second-order valence-corrected chi connectivity index (χ2v) is 5.62. The number of rotatable bonds is 3. The van der Waals surface area contributed by atoms with E-state index in [1.54, 1.807) is 48.5 Å². The highest BCUT2D eigenvalue weighted by atomic mass is 35.5. The summed E-state index contributed by atoms with van der Waals surface area (Å²) in [5.41, 5.74) is 2.01. The molecule has 23 heavy (non-hydrogen) atoms. The van der Waals surface area contributed by atoms with E-state index in [4.69, 9.17) is 21.1 Å². The van der Waals surface area contributed by atoms with Crippen molar-refractivity contribution >= 4 is 17.5 Å². The molecule has 0 saturated carbocycles. The Hall–Kier alpha value is -2.11. The van der Waals surface area contributed by atoms with Gasteiger partial charge in [-0.15, -0.1) is 0 Å². The van der Waals surface area contributed by atoms with E-state index in [2.05, 4.69) is 4.98 Å². The number of ether oxygens (including phenoxy) is 2. The van der Waals surface area contributed by atoms with Crippen molar-refractivity contribution in [2.45, 2.75) is 0 Å². The Labute approximate surface area is 139 Å².